The largest absolute Gasteiger partial charge is 0.522 e. The Balaban J connectivity index is 0. The molecule has 0 spiro atoms. The minimum Gasteiger partial charge on any atom is -0.279 e. The average Bonchev–Trinajstić information content (AvgIpc) is 2.02. The third-order valence-corrected chi connectivity index (χ3v) is 1.82. The van der Waals surface area contributed by atoms with Crippen LogP contribution in [-0.4, -0.2) is 18.5 Å². The average molecular weight is 306 g/mol. The van der Waals surface area contributed by atoms with Gasteiger partial charge in [0.1, 0.15) is 0 Å². The zero-order chi connectivity index (χ0) is 12.1. The summed E-state index contributed by atoms with van der Waals surface area (Å²) in [4.78, 5) is 0. The second-order valence-corrected chi connectivity index (χ2v) is 3.99. The Morgan fingerprint density at radius 1 is 1.12 bits per heavy atom. The van der Waals surface area contributed by atoms with Gasteiger partial charge in [0.2, 0.25) is 0 Å². The van der Waals surface area contributed by atoms with Gasteiger partial charge in [-0.2, -0.15) is 21.6 Å². The smallest absolute Gasteiger partial charge is 0.279 e. The molecule has 1 aromatic carbocycles. The molecule has 0 amide bonds. The Kier molecular flexibility index (Phi) is 7.69. The van der Waals surface area contributed by atoms with Crippen molar-refractivity contribution < 1.29 is 43.2 Å². The number of rotatable bonds is 0. The molecule has 0 unspecified atom stereocenters. The maximum Gasteiger partial charge on any atom is 0.522 e. The van der Waals surface area contributed by atoms with Crippen LogP contribution in [0.15, 0.2) is 30.3 Å². The second kappa shape index (κ2) is 6.90. The van der Waals surface area contributed by atoms with Crippen LogP contribution in [-0.2, 0) is 27.2 Å². The summed E-state index contributed by atoms with van der Waals surface area (Å²) in [7, 11) is -5.84. The fourth-order valence-corrected chi connectivity index (χ4v) is 0.534. The van der Waals surface area contributed by atoms with Crippen LogP contribution in [0.25, 0.3) is 0 Å². The van der Waals surface area contributed by atoms with Crippen LogP contribution in [0.2, 0.25) is 0 Å². The number of alkyl halides is 3. The monoisotopic (exact) mass is 305 g/mol. The van der Waals surface area contributed by atoms with Gasteiger partial charge in [0, 0.05) is 17.1 Å². The molecule has 1 N–H and O–H groups in total. The first-order valence-electron chi connectivity index (χ1n) is 3.70. The van der Waals surface area contributed by atoms with Gasteiger partial charge in [0.15, 0.2) is 0 Å². The van der Waals surface area contributed by atoms with Gasteiger partial charge in [0.25, 0.3) is 0 Å². The Morgan fingerprint density at radius 2 is 1.44 bits per heavy atom. The standard InChI is InChI=1S/C7H8.CHF3O3S.Cu/c1-7-5-3-2-4-6-7;2-1(3,4)8(5,6)7;/h2-6H,1H3;(H,5,6,7);. The zero-order valence-electron chi connectivity index (χ0n) is 7.99. The van der Waals surface area contributed by atoms with E-state index in [1.807, 2.05) is 18.2 Å². The van der Waals surface area contributed by atoms with Crippen molar-refractivity contribution in [2.24, 2.45) is 0 Å². The molecule has 0 saturated heterocycles. The predicted molar refractivity (Wildman–Crippen MR) is 48.8 cm³/mol. The Bertz CT molecular complexity index is 389. The van der Waals surface area contributed by atoms with Gasteiger partial charge in [-0.15, -0.1) is 0 Å². The number of benzene rings is 1. The quantitative estimate of drug-likeness (QED) is 0.455. The fourth-order valence-electron chi connectivity index (χ4n) is 0.534. The van der Waals surface area contributed by atoms with Crippen LogP contribution in [0.4, 0.5) is 13.2 Å². The van der Waals surface area contributed by atoms with Crippen molar-refractivity contribution in [3.05, 3.63) is 35.9 Å². The topological polar surface area (TPSA) is 54.4 Å². The molecule has 1 aromatic rings. The van der Waals surface area contributed by atoms with E-state index < -0.39 is 15.6 Å². The predicted octanol–water partition coefficient (Wildman–Crippen LogP) is 2.39. The summed E-state index contributed by atoms with van der Waals surface area (Å²) in [5.41, 5.74) is -4.21. The Labute approximate surface area is 102 Å². The summed E-state index contributed by atoms with van der Waals surface area (Å²) < 4.78 is 57.5. The van der Waals surface area contributed by atoms with E-state index in [1.165, 1.54) is 5.56 Å². The van der Waals surface area contributed by atoms with E-state index in [0.29, 0.717) is 0 Å². The molecule has 16 heavy (non-hydrogen) atoms. The van der Waals surface area contributed by atoms with E-state index in [1.54, 1.807) is 0 Å². The molecule has 1 rings (SSSR count). The zero-order valence-corrected chi connectivity index (χ0v) is 9.75. The molecule has 0 fully saturated rings. The number of hydrogen-bond acceptors (Lipinski definition) is 2. The number of hydrogen-bond donors (Lipinski definition) is 1. The van der Waals surface area contributed by atoms with Crippen LogP contribution in [0.5, 0.6) is 0 Å². The number of aryl methyl sites for hydroxylation is 1. The van der Waals surface area contributed by atoms with Crippen LogP contribution >= 0.6 is 0 Å². The summed E-state index contributed by atoms with van der Waals surface area (Å²) in [6.07, 6.45) is 0. The Morgan fingerprint density at radius 3 is 1.56 bits per heavy atom. The molecule has 0 bridgehead atoms. The van der Waals surface area contributed by atoms with Gasteiger partial charge in [-0.3, -0.25) is 4.55 Å². The molecule has 0 aliphatic carbocycles. The van der Waals surface area contributed by atoms with Gasteiger partial charge in [0.05, 0.1) is 0 Å². The van der Waals surface area contributed by atoms with E-state index in [2.05, 4.69) is 19.1 Å². The van der Waals surface area contributed by atoms with Crippen molar-refractivity contribution in [3.63, 3.8) is 0 Å². The van der Waals surface area contributed by atoms with Gasteiger partial charge in [-0.05, 0) is 6.92 Å². The van der Waals surface area contributed by atoms with Crippen LogP contribution in [0, 0.1) is 6.92 Å². The van der Waals surface area contributed by atoms with Crippen molar-refractivity contribution >= 4 is 10.1 Å². The van der Waals surface area contributed by atoms with Gasteiger partial charge in [-0.1, -0.05) is 35.9 Å². The molecule has 0 saturated carbocycles. The van der Waals surface area contributed by atoms with E-state index in [9.17, 15) is 13.2 Å². The summed E-state index contributed by atoms with van der Waals surface area (Å²) in [6, 6.07) is 10.3. The van der Waals surface area contributed by atoms with Crippen molar-refractivity contribution in [3.8, 4) is 0 Å². The maximum absolute atomic E-state index is 10.7. The molecule has 3 nitrogen and oxygen atoms in total. The third kappa shape index (κ3) is 7.70. The minimum atomic E-state index is -5.84. The van der Waals surface area contributed by atoms with Crippen molar-refractivity contribution in [2.45, 2.75) is 12.4 Å². The summed E-state index contributed by atoms with van der Waals surface area (Å²) in [5, 5.41) is 0. The van der Waals surface area contributed by atoms with E-state index >= 15 is 0 Å². The molecule has 8 heteroatoms. The van der Waals surface area contributed by atoms with Gasteiger partial charge >= 0.3 is 15.6 Å². The molecule has 1 radical (unpaired) electrons. The van der Waals surface area contributed by atoms with Crippen LogP contribution in [0.3, 0.4) is 0 Å². The molecule has 0 aliphatic heterocycles. The molecule has 0 atom stereocenters. The summed E-state index contributed by atoms with van der Waals surface area (Å²) in [5.74, 6) is 0. The van der Waals surface area contributed by atoms with E-state index in [4.69, 9.17) is 13.0 Å². The fraction of sp³-hybridized carbons (Fsp3) is 0.250. The van der Waals surface area contributed by atoms with Gasteiger partial charge in [-0.25, -0.2) is 0 Å². The van der Waals surface area contributed by atoms with Crippen LogP contribution in [0.1, 0.15) is 5.56 Å². The normalized spacial score (nSPS) is 10.8. The number of halogens is 3. The van der Waals surface area contributed by atoms with Crippen molar-refractivity contribution in [2.75, 3.05) is 0 Å². The van der Waals surface area contributed by atoms with Crippen molar-refractivity contribution in [1.82, 2.24) is 0 Å². The molecule has 0 heterocycles. The molecular weight excluding hydrogens is 297 g/mol. The molecular formula is C8H9CuF3O3S. The SMILES string of the molecule is Cc1ccccc1.O=S(=O)(O)C(F)(F)F.[Cu]. The second-order valence-electron chi connectivity index (χ2n) is 2.58. The molecule has 0 aliphatic rings. The van der Waals surface area contributed by atoms with E-state index in [0.717, 1.165) is 0 Å². The first-order valence-corrected chi connectivity index (χ1v) is 5.14. The minimum absolute atomic E-state index is 0. The van der Waals surface area contributed by atoms with Gasteiger partial charge < -0.3 is 0 Å². The molecule has 0 aromatic heterocycles. The Hall–Kier alpha value is -0.561. The summed E-state index contributed by atoms with van der Waals surface area (Å²) >= 11 is 0. The maximum atomic E-state index is 10.7. The summed E-state index contributed by atoms with van der Waals surface area (Å²) in [6.45, 7) is 2.08. The van der Waals surface area contributed by atoms with E-state index in [-0.39, 0.29) is 17.1 Å². The first-order chi connectivity index (χ1) is 6.64. The first kappa shape index (κ1) is 17.8. The molecule has 97 valence electrons. The van der Waals surface area contributed by atoms with Crippen LogP contribution < -0.4 is 0 Å². The third-order valence-electron chi connectivity index (χ3n) is 1.23. The van der Waals surface area contributed by atoms with Crippen molar-refractivity contribution in [1.29, 1.82) is 0 Å².